The van der Waals surface area contributed by atoms with Gasteiger partial charge in [0.25, 0.3) is 0 Å². The Hall–Kier alpha value is -0.510. The van der Waals surface area contributed by atoms with Gasteiger partial charge in [0.15, 0.2) is 0 Å². The molecular formula is C18H30N2S. The zero-order valence-electron chi connectivity index (χ0n) is 13.8. The van der Waals surface area contributed by atoms with Gasteiger partial charge < -0.3 is 10.2 Å². The standard InChI is InChI=1S/C18H30N2S/c1-16(9-14-21-3)20(2)15-18(10-12-19-13-11-18)17-7-5-4-6-8-17/h4-8,16,19H,9-15H2,1-3H3. The largest absolute Gasteiger partial charge is 0.317 e. The third-order valence-corrected chi connectivity index (χ3v) is 5.64. The van der Waals surface area contributed by atoms with Crippen LogP contribution in [0.1, 0.15) is 31.7 Å². The maximum Gasteiger partial charge on any atom is 0.0104 e. The highest BCUT2D eigenvalue weighted by Gasteiger charge is 2.35. The Bertz CT molecular complexity index is 401. The molecule has 0 bridgehead atoms. The Labute approximate surface area is 134 Å². The number of benzene rings is 1. The van der Waals surface area contributed by atoms with Crippen LogP contribution in [0.25, 0.3) is 0 Å². The van der Waals surface area contributed by atoms with Crippen molar-refractivity contribution in [2.24, 2.45) is 0 Å². The van der Waals surface area contributed by atoms with Crippen LogP contribution in [0.3, 0.4) is 0 Å². The molecule has 1 saturated heterocycles. The summed E-state index contributed by atoms with van der Waals surface area (Å²) >= 11 is 1.95. The van der Waals surface area contributed by atoms with Crippen LogP contribution in [0.4, 0.5) is 0 Å². The molecule has 0 saturated carbocycles. The molecule has 1 atom stereocenters. The van der Waals surface area contributed by atoms with Crippen molar-refractivity contribution >= 4 is 11.8 Å². The van der Waals surface area contributed by atoms with E-state index in [1.54, 1.807) is 0 Å². The van der Waals surface area contributed by atoms with Crippen molar-refractivity contribution in [3.8, 4) is 0 Å². The minimum Gasteiger partial charge on any atom is -0.317 e. The van der Waals surface area contributed by atoms with E-state index in [9.17, 15) is 0 Å². The minimum absolute atomic E-state index is 0.328. The van der Waals surface area contributed by atoms with E-state index in [-0.39, 0.29) is 0 Å². The van der Waals surface area contributed by atoms with E-state index in [1.807, 2.05) is 11.8 Å². The number of likely N-dealkylation sites (N-methyl/N-ethyl adjacent to an activating group) is 1. The molecule has 1 N–H and O–H groups in total. The summed E-state index contributed by atoms with van der Waals surface area (Å²) in [6, 6.07) is 11.8. The lowest BCUT2D eigenvalue weighted by Gasteiger charge is -2.42. The van der Waals surface area contributed by atoms with Crippen LogP contribution in [0.2, 0.25) is 0 Å². The lowest BCUT2D eigenvalue weighted by atomic mass is 9.72. The van der Waals surface area contributed by atoms with Crippen molar-refractivity contribution in [2.45, 2.75) is 37.6 Å². The third kappa shape index (κ3) is 4.48. The van der Waals surface area contributed by atoms with Crippen molar-refractivity contribution in [3.63, 3.8) is 0 Å². The monoisotopic (exact) mass is 306 g/mol. The molecule has 1 aliphatic rings. The van der Waals surface area contributed by atoms with Gasteiger partial charge in [0.1, 0.15) is 0 Å². The summed E-state index contributed by atoms with van der Waals surface area (Å²) in [5.41, 5.74) is 1.85. The fourth-order valence-electron chi connectivity index (χ4n) is 3.38. The Morgan fingerprint density at radius 1 is 1.24 bits per heavy atom. The van der Waals surface area contributed by atoms with Gasteiger partial charge in [-0.25, -0.2) is 0 Å². The van der Waals surface area contributed by atoms with Crippen LogP contribution >= 0.6 is 11.8 Å². The van der Waals surface area contributed by atoms with E-state index in [0.717, 1.165) is 13.1 Å². The van der Waals surface area contributed by atoms with Gasteiger partial charge in [-0.05, 0) is 63.9 Å². The molecule has 1 heterocycles. The second kappa shape index (κ2) is 8.21. The summed E-state index contributed by atoms with van der Waals surface area (Å²) in [7, 11) is 2.30. The molecule has 21 heavy (non-hydrogen) atoms. The summed E-state index contributed by atoms with van der Waals surface area (Å²) in [6.45, 7) is 5.83. The molecule has 1 aliphatic heterocycles. The summed E-state index contributed by atoms with van der Waals surface area (Å²) in [6.07, 6.45) is 5.97. The number of hydrogen-bond donors (Lipinski definition) is 1. The number of nitrogens with one attached hydrogen (secondary N) is 1. The molecule has 3 heteroatoms. The molecule has 118 valence electrons. The molecule has 0 amide bonds. The lowest BCUT2D eigenvalue weighted by molar-refractivity contribution is 0.164. The van der Waals surface area contributed by atoms with Crippen molar-refractivity contribution in [2.75, 3.05) is 38.7 Å². The van der Waals surface area contributed by atoms with E-state index in [1.165, 1.54) is 37.1 Å². The Morgan fingerprint density at radius 3 is 2.52 bits per heavy atom. The third-order valence-electron chi connectivity index (χ3n) is 4.99. The lowest BCUT2D eigenvalue weighted by Crippen LogP contribution is -2.48. The Morgan fingerprint density at radius 2 is 1.90 bits per heavy atom. The maximum atomic E-state index is 3.52. The SMILES string of the molecule is CSCCC(C)N(C)CC1(c2ccccc2)CCNCC1. The van der Waals surface area contributed by atoms with E-state index in [2.05, 4.69) is 60.8 Å². The molecule has 0 aromatic heterocycles. The second-order valence-electron chi connectivity index (χ2n) is 6.44. The maximum absolute atomic E-state index is 3.52. The smallest absolute Gasteiger partial charge is 0.0104 e. The van der Waals surface area contributed by atoms with Gasteiger partial charge in [-0.2, -0.15) is 11.8 Å². The van der Waals surface area contributed by atoms with Crippen LogP contribution in [-0.4, -0.2) is 49.6 Å². The fraction of sp³-hybridized carbons (Fsp3) is 0.667. The first-order chi connectivity index (χ1) is 10.2. The van der Waals surface area contributed by atoms with Crippen molar-refractivity contribution in [3.05, 3.63) is 35.9 Å². The molecule has 2 rings (SSSR count). The molecule has 1 aromatic carbocycles. The van der Waals surface area contributed by atoms with Gasteiger partial charge in [-0.15, -0.1) is 0 Å². The van der Waals surface area contributed by atoms with Crippen molar-refractivity contribution in [1.82, 2.24) is 10.2 Å². The molecule has 0 radical (unpaired) electrons. The van der Waals surface area contributed by atoms with E-state index in [0.29, 0.717) is 11.5 Å². The zero-order valence-corrected chi connectivity index (χ0v) is 14.6. The minimum atomic E-state index is 0.328. The highest BCUT2D eigenvalue weighted by atomic mass is 32.2. The molecular weight excluding hydrogens is 276 g/mol. The first-order valence-electron chi connectivity index (χ1n) is 8.13. The van der Waals surface area contributed by atoms with Gasteiger partial charge in [0.05, 0.1) is 0 Å². The van der Waals surface area contributed by atoms with Gasteiger partial charge in [-0.3, -0.25) is 0 Å². The molecule has 0 spiro atoms. The Balaban J connectivity index is 2.10. The number of nitrogens with zero attached hydrogens (tertiary/aromatic N) is 1. The topological polar surface area (TPSA) is 15.3 Å². The highest BCUT2D eigenvalue weighted by molar-refractivity contribution is 7.98. The highest BCUT2D eigenvalue weighted by Crippen LogP contribution is 2.34. The van der Waals surface area contributed by atoms with Gasteiger partial charge in [-0.1, -0.05) is 30.3 Å². The molecule has 2 nitrogen and oxygen atoms in total. The normalized spacial score (nSPS) is 19.6. The van der Waals surface area contributed by atoms with Crippen LogP contribution in [0.15, 0.2) is 30.3 Å². The van der Waals surface area contributed by atoms with Crippen molar-refractivity contribution < 1.29 is 0 Å². The number of thioether (sulfide) groups is 1. The van der Waals surface area contributed by atoms with Crippen LogP contribution in [-0.2, 0) is 5.41 Å². The molecule has 1 unspecified atom stereocenters. The zero-order chi connectivity index (χ0) is 15.1. The van der Waals surface area contributed by atoms with Crippen LogP contribution < -0.4 is 5.32 Å². The quantitative estimate of drug-likeness (QED) is 0.831. The first kappa shape index (κ1) is 16.9. The summed E-state index contributed by atoms with van der Waals surface area (Å²) in [4.78, 5) is 2.58. The Kier molecular flexibility index (Phi) is 6.59. The van der Waals surface area contributed by atoms with Gasteiger partial charge >= 0.3 is 0 Å². The second-order valence-corrected chi connectivity index (χ2v) is 7.43. The average Bonchev–Trinajstić information content (AvgIpc) is 2.54. The molecule has 1 aromatic rings. The fourth-order valence-corrected chi connectivity index (χ4v) is 3.95. The first-order valence-corrected chi connectivity index (χ1v) is 9.53. The number of piperidine rings is 1. The van der Waals surface area contributed by atoms with Crippen LogP contribution in [0.5, 0.6) is 0 Å². The van der Waals surface area contributed by atoms with Crippen LogP contribution in [0, 0.1) is 0 Å². The number of rotatable bonds is 7. The molecule has 1 fully saturated rings. The predicted octanol–water partition coefficient (Wildman–Crippen LogP) is 3.38. The number of hydrogen-bond acceptors (Lipinski definition) is 3. The van der Waals surface area contributed by atoms with E-state index < -0.39 is 0 Å². The van der Waals surface area contributed by atoms with E-state index >= 15 is 0 Å². The average molecular weight is 307 g/mol. The predicted molar refractivity (Wildman–Crippen MR) is 95.3 cm³/mol. The van der Waals surface area contributed by atoms with Crippen molar-refractivity contribution in [1.29, 1.82) is 0 Å². The summed E-state index contributed by atoms with van der Waals surface area (Å²) < 4.78 is 0. The van der Waals surface area contributed by atoms with Gasteiger partial charge in [0, 0.05) is 18.0 Å². The van der Waals surface area contributed by atoms with Gasteiger partial charge in [0.2, 0.25) is 0 Å². The molecule has 0 aliphatic carbocycles. The van der Waals surface area contributed by atoms with E-state index in [4.69, 9.17) is 0 Å². The summed E-state index contributed by atoms with van der Waals surface area (Å²) in [5, 5.41) is 3.52. The summed E-state index contributed by atoms with van der Waals surface area (Å²) in [5.74, 6) is 1.26.